The normalized spacial score (nSPS) is 27.4. The first-order valence-corrected chi connectivity index (χ1v) is 7.38. The van der Waals surface area contributed by atoms with Crippen LogP contribution in [0.5, 0.6) is 5.75 Å². The number of hydrogen-bond donors (Lipinski definition) is 0. The van der Waals surface area contributed by atoms with Gasteiger partial charge in [0, 0.05) is 16.9 Å². The summed E-state index contributed by atoms with van der Waals surface area (Å²) >= 11 is 0. The smallest absolute Gasteiger partial charge is 0.166 e. The van der Waals surface area contributed by atoms with Crippen molar-refractivity contribution >= 4 is 16.6 Å². The molecule has 4 rings (SSSR count). The van der Waals surface area contributed by atoms with E-state index in [1.54, 1.807) is 7.11 Å². The molecule has 0 aliphatic heterocycles. The predicted molar refractivity (Wildman–Crippen MR) is 79.2 cm³/mol. The molecule has 102 valence electrons. The Kier molecular flexibility index (Phi) is 2.59. The fraction of sp³-hybridized carbons (Fsp3) is 0.389. The molecule has 0 bridgehead atoms. The molecule has 0 N–H and O–H groups in total. The Morgan fingerprint density at radius 2 is 1.70 bits per heavy atom. The van der Waals surface area contributed by atoms with Crippen LogP contribution in [0.3, 0.4) is 0 Å². The van der Waals surface area contributed by atoms with Crippen molar-refractivity contribution in [3.63, 3.8) is 0 Å². The Labute approximate surface area is 118 Å². The van der Waals surface area contributed by atoms with Crippen LogP contribution in [-0.2, 0) is 0 Å². The molecule has 0 aromatic heterocycles. The summed E-state index contributed by atoms with van der Waals surface area (Å²) in [6.45, 7) is 0. The lowest BCUT2D eigenvalue weighted by atomic mass is 9.90. The SMILES string of the molecule is COc1ccc(C(=O)C2CC3CC3C2)c2ccccc12. The molecule has 2 aliphatic carbocycles. The molecule has 2 nitrogen and oxygen atoms in total. The number of ketones is 1. The molecular weight excluding hydrogens is 248 g/mol. The highest BCUT2D eigenvalue weighted by molar-refractivity contribution is 6.10. The van der Waals surface area contributed by atoms with Crippen LogP contribution in [0.15, 0.2) is 36.4 Å². The van der Waals surface area contributed by atoms with Crippen molar-refractivity contribution in [2.75, 3.05) is 7.11 Å². The van der Waals surface area contributed by atoms with Gasteiger partial charge in [-0.2, -0.15) is 0 Å². The maximum Gasteiger partial charge on any atom is 0.166 e. The van der Waals surface area contributed by atoms with E-state index < -0.39 is 0 Å². The highest BCUT2D eigenvalue weighted by Crippen LogP contribution is 2.55. The Morgan fingerprint density at radius 1 is 1.00 bits per heavy atom. The van der Waals surface area contributed by atoms with E-state index in [2.05, 4.69) is 0 Å². The van der Waals surface area contributed by atoms with Gasteiger partial charge in [-0.3, -0.25) is 4.79 Å². The average molecular weight is 266 g/mol. The number of hydrogen-bond acceptors (Lipinski definition) is 2. The van der Waals surface area contributed by atoms with Crippen molar-refractivity contribution in [1.29, 1.82) is 0 Å². The average Bonchev–Trinajstić information content (AvgIpc) is 3.11. The van der Waals surface area contributed by atoms with Crippen molar-refractivity contribution in [2.24, 2.45) is 17.8 Å². The number of ether oxygens (including phenoxy) is 1. The van der Waals surface area contributed by atoms with Gasteiger partial charge in [0.15, 0.2) is 5.78 Å². The van der Waals surface area contributed by atoms with Gasteiger partial charge in [-0.15, -0.1) is 0 Å². The number of methoxy groups -OCH3 is 1. The predicted octanol–water partition coefficient (Wildman–Crippen LogP) is 4.08. The molecular formula is C18H18O2. The van der Waals surface area contributed by atoms with Crippen LogP contribution >= 0.6 is 0 Å². The second-order valence-corrected chi connectivity index (χ2v) is 6.15. The van der Waals surface area contributed by atoms with E-state index in [9.17, 15) is 4.79 Å². The molecule has 0 saturated heterocycles. The zero-order valence-corrected chi connectivity index (χ0v) is 11.6. The van der Waals surface area contributed by atoms with Gasteiger partial charge in [-0.25, -0.2) is 0 Å². The molecule has 0 amide bonds. The monoisotopic (exact) mass is 266 g/mol. The Bertz CT molecular complexity index is 679. The van der Waals surface area contributed by atoms with Crippen LogP contribution in [0.4, 0.5) is 0 Å². The van der Waals surface area contributed by atoms with Crippen LogP contribution in [0.25, 0.3) is 10.8 Å². The molecule has 2 unspecified atom stereocenters. The summed E-state index contributed by atoms with van der Waals surface area (Å²) < 4.78 is 5.40. The molecule has 2 aromatic carbocycles. The van der Waals surface area contributed by atoms with Gasteiger partial charge in [0.25, 0.3) is 0 Å². The van der Waals surface area contributed by atoms with Gasteiger partial charge in [0.2, 0.25) is 0 Å². The Hall–Kier alpha value is -1.83. The third-order valence-electron chi connectivity index (χ3n) is 4.98. The first kappa shape index (κ1) is 12.0. The molecule has 0 radical (unpaired) electrons. The zero-order valence-electron chi connectivity index (χ0n) is 11.6. The summed E-state index contributed by atoms with van der Waals surface area (Å²) in [6.07, 6.45) is 3.56. The largest absolute Gasteiger partial charge is 0.496 e. The van der Waals surface area contributed by atoms with Crippen molar-refractivity contribution in [2.45, 2.75) is 19.3 Å². The maximum absolute atomic E-state index is 12.8. The van der Waals surface area contributed by atoms with Crippen LogP contribution in [0, 0.1) is 17.8 Å². The van der Waals surface area contributed by atoms with E-state index in [0.29, 0.717) is 5.78 Å². The molecule has 0 heterocycles. The van der Waals surface area contributed by atoms with Gasteiger partial charge < -0.3 is 4.74 Å². The highest BCUT2D eigenvalue weighted by Gasteiger charge is 2.48. The summed E-state index contributed by atoms with van der Waals surface area (Å²) in [5, 5.41) is 2.06. The van der Waals surface area contributed by atoms with Gasteiger partial charge in [-0.1, -0.05) is 24.3 Å². The topological polar surface area (TPSA) is 26.3 Å². The number of benzene rings is 2. The van der Waals surface area contributed by atoms with Gasteiger partial charge >= 0.3 is 0 Å². The third-order valence-corrected chi connectivity index (χ3v) is 4.98. The van der Waals surface area contributed by atoms with Crippen LogP contribution in [0.1, 0.15) is 29.6 Å². The summed E-state index contributed by atoms with van der Waals surface area (Å²) in [6, 6.07) is 11.9. The number of carbonyl (C=O) groups excluding carboxylic acids is 1. The number of carbonyl (C=O) groups is 1. The van der Waals surface area contributed by atoms with Gasteiger partial charge in [0.1, 0.15) is 5.75 Å². The second-order valence-electron chi connectivity index (χ2n) is 6.15. The standard InChI is InChI=1S/C18H18O2/c1-20-17-7-6-16(14-4-2-3-5-15(14)17)18(19)13-9-11-8-12(11)10-13/h2-7,11-13H,8-10H2,1H3. The second kappa shape index (κ2) is 4.34. The van der Waals surface area contributed by atoms with E-state index in [4.69, 9.17) is 4.74 Å². The van der Waals surface area contributed by atoms with Gasteiger partial charge in [-0.05, 0) is 48.6 Å². The van der Waals surface area contributed by atoms with E-state index in [1.807, 2.05) is 36.4 Å². The molecule has 2 saturated carbocycles. The lowest BCUT2D eigenvalue weighted by Crippen LogP contribution is -2.13. The lowest BCUT2D eigenvalue weighted by molar-refractivity contribution is 0.0916. The van der Waals surface area contributed by atoms with Crippen LogP contribution in [-0.4, -0.2) is 12.9 Å². The van der Waals surface area contributed by atoms with Crippen molar-refractivity contribution in [3.05, 3.63) is 42.0 Å². The fourth-order valence-corrected chi connectivity index (χ4v) is 3.81. The summed E-state index contributed by atoms with van der Waals surface area (Å²) in [5.41, 5.74) is 0.868. The number of rotatable bonds is 3. The third kappa shape index (κ3) is 1.75. The summed E-state index contributed by atoms with van der Waals surface area (Å²) in [5.74, 6) is 3.10. The van der Waals surface area contributed by atoms with Gasteiger partial charge in [0.05, 0.1) is 7.11 Å². The lowest BCUT2D eigenvalue weighted by Gasteiger charge is -2.14. The van der Waals surface area contributed by atoms with Crippen molar-refractivity contribution in [3.8, 4) is 5.75 Å². The first-order valence-electron chi connectivity index (χ1n) is 7.38. The molecule has 0 spiro atoms. The fourth-order valence-electron chi connectivity index (χ4n) is 3.81. The summed E-state index contributed by atoms with van der Waals surface area (Å²) in [4.78, 5) is 12.8. The number of fused-ring (bicyclic) bond motifs is 2. The Balaban J connectivity index is 1.77. The maximum atomic E-state index is 12.8. The molecule has 2 heteroatoms. The summed E-state index contributed by atoms with van der Waals surface area (Å²) in [7, 11) is 1.67. The molecule has 2 fully saturated rings. The van der Waals surface area contributed by atoms with Crippen LogP contribution < -0.4 is 4.74 Å². The Morgan fingerprint density at radius 3 is 2.40 bits per heavy atom. The van der Waals surface area contributed by atoms with E-state index in [1.165, 1.54) is 6.42 Å². The first-order chi connectivity index (χ1) is 9.78. The minimum Gasteiger partial charge on any atom is -0.496 e. The van der Waals surface area contributed by atoms with Crippen molar-refractivity contribution in [1.82, 2.24) is 0 Å². The van der Waals surface area contributed by atoms with Crippen LogP contribution in [0.2, 0.25) is 0 Å². The van der Waals surface area contributed by atoms with E-state index >= 15 is 0 Å². The highest BCUT2D eigenvalue weighted by atomic mass is 16.5. The minimum atomic E-state index is 0.246. The number of Topliss-reactive ketones (excluding diaryl/α,β-unsaturated/α-hetero) is 1. The zero-order chi connectivity index (χ0) is 13.7. The molecule has 20 heavy (non-hydrogen) atoms. The molecule has 2 aliphatic rings. The molecule has 2 atom stereocenters. The van der Waals surface area contributed by atoms with E-state index in [-0.39, 0.29) is 5.92 Å². The quantitative estimate of drug-likeness (QED) is 0.782. The minimum absolute atomic E-state index is 0.246. The van der Waals surface area contributed by atoms with Crippen molar-refractivity contribution < 1.29 is 9.53 Å². The van der Waals surface area contributed by atoms with E-state index in [0.717, 1.165) is 46.8 Å². The molecule has 2 aromatic rings.